The molecule has 0 aliphatic carbocycles. The third kappa shape index (κ3) is 5.07. The molecule has 0 radical (unpaired) electrons. The molecule has 3 rings (SSSR count). The van der Waals surface area contributed by atoms with E-state index in [0.29, 0.717) is 10.4 Å². The summed E-state index contributed by atoms with van der Waals surface area (Å²) < 4.78 is 12.9. The lowest BCUT2D eigenvalue weighted by Crippen LogP contribution is -2.18. The first-order valence-electron chi connectivity index (χ1n) is 8.97. The van der Waals surface area contributed by atoms with E-state index in [0.717, 1.165) is 33.8 Å². The fourth-order valence-electron chi connectivity index (χ4n) is 2.87. The first-order chi connectivity index (χ1) is 14.0. The molecule has 0 aliphatic heterocycles. The molecule has 0 bridgehead atoms. The van der Waals surface area contributed by atoms with Crippen molar-refractivity contribution in [2.75, 3.05) is 26.2 Å². The first kappa shape index (κ1) is 21.1. The molecule has 1 heterocycles. The van der Waals surface area contributed by atoms with Crippen LogP contribution in [0.3, 0.4) is 0 Å². The summed E-state index contributed by atoms with van der Waals surface area (Å²) in [6.45, 7) is 0.730. The average molecular weight is 431 g/mol. The number of amides is 1. The fraction of sp³-hybridized carbons (Fsp3) is 0.286. The van der Waals surface area contributed by atoms with E-state index in [-0.39, 0.29) is 18.3 Å². The van der Waals surface area contributed by atoms with Gasteiger partial charge in [-0.25, -0.2) is 4.79 Å². The number of rotatable bonds is 7. The molecular formula is C21H22N2O4S2. The summed E-state index contributed by atoms with van der Waals surface area (Å²) >= 11 is 3.12. The summed E-state index contributed by atoms with van der Waals surface area (Å²) in [5, 5.41) is 0. The summed E-state index contributed by atoms with van der Waals surface area (Å²) in [6, 6.07) is 12.8. The molecule has 0 fully saturated rings. The zero-order valence-corrected chi connectivity index (χ0v) is 18.1. The van der Waals surface area contributed by atoms with Crippen LogP contribution in [0.15, 0.2) is 47.5 Å². The van der Waals surface area contributed by atoms with E-state index in [1.165, 1.54) is 18.4 Å². The Morgan fingerprint density at radius 3 is 2.55 bits per heavy atom. The molecule has 0 N–H and O–H groups in total. The number of nitrogens with zero attached hydrogens (tertiary/aromatic N) is 2. The van der Waals surface area contributed by atoms with Crippen molar-refractivity contribution >= 4 is 45.2 Å². The molecule has 0 spiro atoms. The number of carbonyl (C=O) groups excluding carboxylic acids is 2. The van der Waals surface area contributed by atoms with Gasteiger partial charge in [-0.15, -0.1) is 0 Å². The molecule has 3 aromatic rings. The lowest BCUT2D eigenvalue weighted by molar-refractivity contribution is -0.117. The van der Waals surface area contributed by atoms with Gasteiger partial charge in [0.15, 0.2) is 4.80 Å². The van der Waals surface area contributed by atoms with Crippen molar-refractivity contribution in [1.82, 2.24) is 4.57 Å². The van der Waals surface area contributed by atoms with Gasteiger partial charge in [0.05, 0.1) is 36.4 Å². The topological polar surface area (TPSA) is 69.9 Å². The molecule has 1 amide bonds. The van der Waals surface area contributed by atoms with Crippen LogP contribution in [0.25, 0.3) is 10.2 Å². The third-order valence-electron chi connectivity index (χ3n) is 4.36. The van der Waals surface area contributed by atoms with Gasteiger partial charge >= 0.3 is 5.97 Å². The number of ether oxygens (including phenoxy) is 2. The summed E-state index contributed by atoms with van der Waals surface area (Å²) in [4.78, 5) is 29.4. The largest absolute Gasteiger partial charge is 0.497 e. The number of esters is 1. The number of carbonyl (C=O) groups is 2. The zero-order chi connectivity index (χ0) is 20.8. The Morgan fingerprint density at radius 2 is 1.90 bits per heavy atom. The van der Waals surface area contributed by atoms with E-state index >= 15 is 0 Å². The zero-order valence-electron chi connectivity index (χ0n) is 16.5. The van der Waals surface area contributed by atoms with Gasteiger partial charge in [-0.1, -0.05) is 23.5 Å². The van der Waals surface area contributed by atoms with Crippen molar-refractivity contribution in [2.45, 2.75) is 13.0 Å². The van der Waals surface area contributed by atoms with Crippen LogP contribution >= 0.6 is 23.1 Å². The van der Waals surface area contributed by atoms with E-state index < -0.39 is 0 Å². The fourth-order valence-corrected chi connectivity index (χ4v) is 4.34. The van der Waals surface area contributed by atoms with Gasteiger partial charge in [0, 0.05) is 12.3 Å². The Kier molecular flexibility index (Phi) is 7.11. The molecule has 8 heteroatoms. The third-order valence-corrected chi connectivity index (χ3v) is 5.99. The predicted octanol–water partition coefficient (Wildman–Crippen LogP) is 3.53. The van der Waals surface area contributed by atoms with Crippen molar-refractivity contribution in [1.29, 1.82) is 0 Å². The van der Waals surface area contributed by atoms with Crippen molar-refractivity contribution in [3.05, 3.63) is 58.4 Å². The van der Waals surface area contributed by atoms with Crippen LogP contribution in [0.1, 0.15) is 15.9 Å². The lowest BCUT2D eigenvalue weighted by Gasteiger charge is -2.05. The molecular weight excluding hydrogens is 408 g/mol. The van der Waals surface area contributed by atoms with Crippen LogP contribution in [-0.2, 0) is 22.5 Å². The van der Waals surface area contributed by atoms with Gasteiger partial charge in [-0.05, 0) is 42.2 Å². The monoisotopic (exact) mass is 430 g/mol. The van der Waals surface area contributed by atoms with Gasteiger partial charge in [0.25, 0.3) is 5.91 Å². The highest BCUT2D eigenvalue weighted by molar-refractivity contribution is 7.98. The number of hydrogen-bond donors (Lipinski definition) is 0. The summed E-state index contributed by atoms with van der Waals surface area (Å²) in [6.07, 6.45) is 2.25. The predicted molar refractivity (Wildman–Crippen MR) is 117 cm³/mol. The van der Waals surface area contributed by atoms with E-state index in [9.17, 15) is 9.59 Å². The molecule has 0 unspecified atom stereocenters. The van der Waals surface area contributed by atoms with Gasteiger partial charge in [0.1, 0.15) is 5.75 Å². The Labute approximate surface area is 177 Å². The number of thioether (sulfide) groups is 1. The second-order valence-electron chi connectivity index (χ2n) is 6.23. The van der Waals surface area contributed by atoms with Crippen molar-refractivity contribution in [3.63, 3.8) is 0 Å². The van der Waals surface area contributed by atoms with Crippen LogP contribution < -0.4 is 9.54 Å². The number of aromatic nitrogens is 1. The average Bonchev–Trinajstić information content (AvgIpc) is 3.07. The normalized spacial score (nSPS) is 11.6. The molecule has 1 aromatic heterocycles. The van der Waals surface area contributed by atoms with E-state index in [1.54, 1.807) is 31.0 Å². The Bertz CT molecular complexity index is 1080. The molecule has 2 aromatic carbocycles. The minimum absolute atomic E-state index is 0.215. The maximum atomic E-state index is 12.6. The molecule has 0 aliphatic rings. The van der Waals surface area contributed by atoms with E-state index in [4.69, 9.17) is 9.47 Å². The SMILES string of the molecule is COC(=O)c1ccc2c(c1)sc(=NC(=O)Cc1ccc(OC)cc1)n2CCSC. The number of fused-ring (bicyclic) bond motifs is 1. The van der Waals surface area contributed by atoms with Gasteiger partial charge < -0.3 is 14.0 Å². The number of thiazole rings is 1. The quantitative estimate of drug-likeness (QED) is 0.537. The van der Waals surface area contributed by atoms with Gasteiger partial charge in [-0.3, -0.25) is 4.79 Å². The smallest absolute Gasteiger partial charge is 0.337 e. The molecule has 0 saturated heterocycles. The highest BCUT2D eigenvalue weighted by Gasteiger charge is 2.12. The van der Waals surface area contributed by atoms with Crippen molar-refractivity contribution in [2.24, 2.45) is 4.99 Å². The molecule has 0 atom stereocenters. The van der Waals surface area contributed by atoms with E-state index in [2.05, 4.69) is 4.99 Å². The highest BCUT2D eigenvalue weighted by atomic mass is 32.2. The van der Waals surface area contributed by atoms with Crippen LogP contribution in [0.4, 0.5) is 0 Å². The molecule has 0 saturated carbocycles. The number of aryl methyl sites for hydroxylation is 1. The van der Waals surface area contributed by atoms with Crippen molar-refractivity contribution < 1.29 is 19.1 Å². The molecule has 6 nitrogen and oxygen atoms in total. The lowest BCUT2D eigenvalue weighted by atomic mass is 10.1. The summed E-state index contributed by atoms with van der Waals surface area (Å²) in [7, 11) is 2.97. The maximum Gasteiger partial charge on any atom is 0.337 e. The first-order valence-corrected chi connectivity index (χ1v) is 11.2. The van der Waals surface area contributed by atoms with E-state index in [1.807, 2.05) is 41.2 Å². The number of methoxy groups -OCH3 is 2. The Hall–Kier alpha value is -2.58. The van der Waals surface area contributed by atoms with Crippen LogP contribution in [0.5, 0.6) is 5.75 Å². The van der Waals surface area contributed by atoms with Gasteiger partial charge in [0.2, 0.25) is 0 Å². The van der Waals surface area contributed by atoms with Crippen LogP contribution in [0, 0.1) is 0 Å². The summed E-state index contributed by atoms with van der Waals surface area (Å²) in [5.74, 6) is 1.04. The number of hydrogen-bond acceptors (Lipinski definition) is 6. The Balaban J connectivity index is 1.96. The minimum Gasteiger partial charge on any atom is -0.497 e. The van der Waals surface area contributed by atoms with Crippen LogP contribution in [0.2, 0.25) is 0 Å². The van der Waals surface area contributed by atoms with Gasteiger partial charge in [-0.2, -0.15) is 16.8 Å². The minimum atomic E-state index is -0.384. The number of benzene rings is 2. The van der Waals surface area contributed by atoms with Crippen LogP contribution in [-0.4, -0.2) is 42.7 Å². The second kappa shape index (κ2) is 9.76. The second-order valence-corrected chi connectivity index (χ2v) is 8.23. The molecule has 152 valence electrons. The van der Waals surface area contributed by atoms with Crippen molar-refractivity contribution in [3.8, 4) is 5.75 Å². The highest BCUT2D eigenvalue weighted by Crippen LogP contribution is 2.20. The Morgan fingerprint density at radius 1 is 1.14 bits per heavy atom. The maximum absolute atomic E-state index is 12.6. The molecule has 29 heavy (non-hydrogen) atoms. The summed E-state index contributed by atoms with van der Waals surface area (Å²) in [5.41, 5.74) is 2.31. The standard InChI is InChI=1S/C21H22N2O4S2/c1-26-16-7-4-14(5-8-16)12-19(24)22-21-23(10-11-28-3)17-9-6-15(20(25)27-2)13-18(17)29-21/h4-9,13H,10-12H2,1-3H3.